The van der Waals surface area contributed by atoms with Gasteiger partial charge < -0.3 is 11.1 Å². The third kappa shape index (κ3) is 11.1. The Balaban J connectivity index is 3.64. The first kappa shape index (κ1) is 14.2. The number of nitrogens with one attached hydrogen (secondary N) is 1. The smallest absolute Gasteiger partial charge is 0.188 e. The average molecular weight is 235 g/mol. The van der Waals surface area contributed by atoms with Gasteiger partial charge in [0.1, 0.15) is 9.84 Å². The highest BCUT2D eigenvalue weighted by atomic mass is 32.2. The van der Waals surface area contributed by atoms with Gasteiger partial charge in [-0.2, -0.15) is 0 Å². The Bertz CT molecular complexity index is 296. The van der Waals surface area contributed by atoms with E-state index in [2.05, 4.69) is 24.2 Å². The molecule has 3 N–H and O–H groups in total. The van der Waals surface area contributed by atoms with E-state index in [4.69, 9.17) is 5.73 Å². The Morgan fingerprint density at radius 2 is 2.07 bits per heavy atom. The van der Waals surface area contributed by atoms with Crippen molar-refractivity contribution in [3.05, 3.63) is 0 Å². The molecule has 0 saturated heterocycles. The molecule has 0 fully saturated rings. The van der Waals surface area contributed by atoms with Gasteiger partial charge in [0.25, 0.3) is 0 Å². The van der Waals surface area contributed by atoms with Crippen molar-refractivity contribution >= 4 is 15.8 Å². The van der Waals surface area contributed by atoms with E-state index in [1.807, 2.05) is 0 Å². The maximum absolute atomic E-state index is 10.8. The van der Waals surface area contributed by atoms with Crippen molar-refractivity contribution in [2.45, 2.75) is 20.3 Å². The summed E-state index contributed by atoms with van der Waals surface area (Å²) in [5.74, 6) is 1.04. The zero-order valence-corrected chi connectivity index (χ0v) is 10.5. The van der Waals surface area contributed by atoms with Crippen molar-refractivity contribution in [2.24, 2.45) is 16.6 Å². The molecule has 15 heavy (non-hydrogen) atoms. The summed E-state index contributed by atoms with van der Waals surface area (Å²) in [7, 11) is -2.87. The molecule has 90 valence electrons. The van der Waals surface area contributed by atoms with E-state index in [-0.39, 0.29) is 5.75 Å². The van der Waals surface area contributed by atoms with Gasteiger partial charge >= 0.3 is 0 Å². The molecule has 0 aliphatic heterocycles. The zero-order chi connectivity index (χ0) is 11.9. The number of hydrogen-bond acceptors (Lipinski definition) is 3. The summed E-state index contributed by atoms with van der Waals surface area (Å²) in [6.45, 7) is 5.34. The molecule has 0 atom stereocenters. The Labute approximate surface area is 92.1 Å². The fourth-order valence-electron chi connectivity index (χ4n) is 0.888. The highest BCUT2D eigenvalue weighted by Crippen LogP contribution is 1.91. The van der Waals surface area contributed by atoms with Crippen LogP contribution < -0.4 is 11.1 Å². The molecule has 0 rings (SSSR count). The second-order valence-electron chi connectivity index (χ2n) is 4.03. The number of sulfone groups is 1. The minimum absolute atomic E-state index is 0.178. The Hall–Kier alpha value is -0.780. The van der Waals surface area contributed by atoms with Crippen molar-refractivity contribution in [3.63, 3.8) is 0 Å². The SMILES string of the molecule is CC(C)CN=C(N)NCCCS(C)(=O)=O. The quantitative estimate of drug-likeness (QED) is 0.385. The van der Waals surface area contributed by atoms with Gasteiger partial charge in [-0.3, -0.25) is 4.99 Å². The standard InChI is InChI=1S/C9H21N3O2S/c1-8(2)7-12-9(10)11-5-4-6-15(3,13)14/h8H,4-7H2,1-3H3,(H3,10,11,12). The summed E-state index contributed by atoms with van der Waals surface area (Å²) in [5.41, 5.74) is 5.56. The number of nitrogens with zero attached hydrogens (tertiary/aromatic N) is 1. The molecule has 0 aliphatic carbocycles. The van der Waals surface area contributed by atoms with E-state index in [1.165, 1.54) is 6.26 Å². The van der Waals surface area contributed by atoms with Crippen LogP contribution in [0.4, 0.5) is 0 Å². The fourth-order valence-corrected chi connectivity index (χ4v) is 1.56. The van der Waals surface area contributed by atoms with Crippen LogP contribution in [0.2, 0.25) is 0 Å². The van der Waals surface area contributed by atoms with Crippen molar-refractivity contribution in [1.29, 1.82) is 0 Å². The minimum atomic E-state index is -2.87. The highest BCUT2D eigenvalue weighted by molar-refractivity contribution is 7.90. The van der Waals surface area contributed by atoms with Crippen molar-refractivity contribution in [1.82, 2.24) is 5.32 Å². The molecule has 0 saturated carbocycles. The summed E-state index contributed by atoms with van der Waals surface area (Å²) >= 11 is 0. The average Bonchev–Trinajstić information content (AvgIpc) is 2.07. The fraction of sp³-hybridized carbons (Fsp3) is 0.889. The van der Waals surface area contributed by atoms with Crippen LogP contribution in [-0.2, 0) is 9.84 Å². The first-order chi connectivity index (χ1) is 6.81. The third-order valence-electron chi connectivity index (χ3n) is 1.62. The Kier molecular flexibility index (Phi) is 6.31. The van der Waals surface area contributed by atoms with Gasteiger partial charge in [-0.1, -0.05) is 13.8 Å². The van der Waals surface area contributed by atoms with E-state index in [1.54, 1.807) is 0 Å². The number of nitrogens with two attached hydrogens (primary N) is 1. The topological polar surface area (TPSA) is 84.5 Å². The number of rotatable bonds is 6. The van der Waals surface area contributed by atoms with E-state index in [0.29, 0.717) is 31.4 Å². The molecule has 0 spiro atoms. The highest BCUT2D eigenvalue weighted by Gasteiger charge is 2.01. The summed E-state index contributed by atoms with van der Waals surface area (Å²) in [5, 5.41) is 2.87. The van der Waals surface area contributed by atoms with Crippen LogP contribution in [-0.4, -0.2) is 39.5 Å². The lowest BCUT2D eigenvalue weighted by molar-refractivity contribution is 0.598. The van der Waals surface area contributed by atoms with Crippen LogP contribution in [0.15, 0.2) is 4.99 Å². The molecule has 0 aromatic rings. The monoisotopic (exact) mass is 235 g/mol. The Morgan fingerprint density at radius 3 is 2.53 bits per heavy atom. The lowest BCUT2D eigenvalue weighted by Gasteiger charge is -2.05. The van der Waals surface area contributed by atoms with E-state index in [9.17, 15) is 8.42 Å². The van der Waals surface area contributed by atoms with Crippen molar-refractivity contribution in [2.75, 3.05) is 25.1 Å². The first-order valence-electron chi connectivity index (χ1n) is 5.03. The number of hydrogen-bond donors (Lipinski definition) is 2. The first-order valence-corrected chi connectivity index (χ1v) is 7.09. The lowest BCUT2D eigenvalue weighted by Crippen LogP contribution is -2.33. The van der Waals surface area contributed by atoms with E-state index < -0.39 is 9.84 Å². The van der Waals surface area contributed by atoms with Gasteiger partial charge in [-0.15, -0.1) is 0 Å². The van der Waals surface area contributed by atoms with Gasteiger partial charge in [0, 0.05) is 19.3 Å². The second-order valence-corrected chi connectivity index (χ2v) is 6.29. The predicted molar refractivity (Wildman–Crippen MR) is 63.7 cm³/mol. The zero-order valence-electron chi connectivity index (χ0n) is 9.66. The molecule has 6 heteroatoms. The van der Waals surface area contributed by atoms with Crippen molar-refractivity contribution < 1.29 is 8.42 Å². The molecule has 5 nitrogen and oxygen atoms in total. The van der Waals surface area contributed by atoms with Gasteiger partial charge in [-0.25, -0.2) is 8.42 Å². The van der Waals surface area contributed by atoms with Crippen LogP contribution in [0.5, 0.6) is 0 Å². The summed E-state index contributed by atoms with van der Waals surface area (Å²) in [6, 6.07) is 0. The lowest BCUT2D eigenvalue weighted by atomic mass is 10.2. The summed E-state index contributed by atoms with van der Waals surface area (Å²) < 4.78 is 21.6. The molecule has 0 amide bonds. The molecule has 0 aromatic heterocycles. The maximum Gasteiger partial charge on any atom is 0.188 e. The molecular formula is C9H21N3O2S. The van der Waals surface area contributed by atoms with Crippen LogP contribution in [0.3, 0.4) is 0 Å². The maximum atomic E-state index is 10.8. The number of guanidine groups is 1. The molecule has 0 radical (unpaired) electrons. The molecule has 0 aliphatic rings. The largest absolute Gasteiger partial charge is 0.370 e. The van der Waals surface area contributed by atoms with E-state index >= 15 is 0 Å². The predicted octanol–water partition coefficient (Wildman–Crippen LogP) is -0.0186. The van der Waals surface area contributed by atoms with Crippen LogP contribution in [0.1, 0.15) is 20.3 Å². The van der Waals surface area contributed by atoms with Crippen LogP contribution in [0.25, 0.3) is 0 Å². The van der Waals surface area contributed by atoms with Gasteiger partial charge in [-0.05, 0) is 12.3 Å². The van der Waals surface area contributed by atoms with Crippen LogP contribution in [0, 0.1) is 5.92 Å². The van der Waals surface area contributed by atoms with Gasteiger partial charge in [0.2, 0.25) is 0 Å². The summed E-state index contributed by atoms with van der Waals surface area (Å²) in [4.78, 5) is 4.09. The molecule has 0 unspecified atom stereocenters. The van der Waals surface area contributed by atoms with E-state index in [0.717, 1.165) is 0 Å². The van der Waals surface area contributed by atoms with Gasteiger partial charge in [0.15, 0.2) is 5.96 Å². The molecule has 0 heterocycles. The minimum Gasteiger partial charge on any atom is -0.370 e. The molecular weight excluding hydrogens is 214 g/mol. The summed E-state index contributed by atoms with van der Waals surface area (Å²) in [6.07, 6.45) is 1.78. The van der Waals surface area contributed by atoms with Gasteiger partial charge in [0.05, 0.1) is 5.75 Å². The number of aliphatic imine (C=N–C) groups is 1. The Morgan fingerprint density at radius 1 is 1.47 bits per heavy atom. The van der Waals surface area contributed by atoms with Crippen LogP contribution >= 0.6 is 0 Å². The second kappa shape index (κ2) is 6.66. The third-order valence-corrected chi connectivity index (χ3v) is 2.66. The molecule has 0 bridgehead atoms. The molecule has 0 aromatic carbocycles. The normalized spacial score (nSPS) is 13.2. The van der Waals surface area contributed by atoms with Crippen molar-refractivity contribution in [3.8, 4) is 0 Å².